The summed E-state index contributed by atoms with van der Waals surface area (Å²) in [5.74, 6) is -1.70. The molecule has 2 aromatic rings. The molecule has 0 atom stereocenters. The lowest BCUT2D eigenvalue weighted by Gasteiger charge is -2.20. The van der Waals surface area contributed by atoms with E-state index in [2.05, 4.69) is 5.10 Å². The van der Waals surface area contributed by atoms with Crippen molar-refractivity contribution in [3.63, 3.8) is 0 Å². The van der Waals surface area contributed by atoms with E-state index in [1.54, 1.807) is 31.2 Å². The lowest BCUT2D eigenvalue weighted by Crippen LogP contribution is -2.37. The van der Waals surface area contributed by atoms with E-state index in [0.29, 0.717) is 11.6 Å². The average molecular weight is 350 g/mol. The number of halogens is 1. The van der Waals surface area contributed by atoms with Crippen LogP contribution in [0.3, 0.4) is 0 Å². The van der Waals surface area contributed by atoms with E-state index in [4.69, 9.17) is 16.7 Å². The summed E-state index contributed by atoms with van der Waals surface area (Å²) in [7, 11) is 0. The van der Waals surface area contributed by atoms with Crippen molar-refractivity contribution in [3.8, 4) is 0 Å². The third-order valence-corrected chi connectivity index (χ3v) is 3.54. The minimum atomic E-state index is -1.14. The second-order valence-electron chi connectivity index (χ2n) is 5.05. The highest BCUT2D eigenvalue weighted by Gasteiger charge is 2.21. The number of hydrogen-bond acceptors (Lipinski definition) is 4. The summed E-state index contributed by atoms with van der Waals surface area (Å²) in [5.41, 5.74) is 0.431. The number of aryl methyl sites for hydroxylation is 1. The van der Waals surface area contributed by atoms with Crippen molar-refractivity contribution in [1.29, 1.82) is 0 Å². The van der Waals surface area contributed by atoms with Crippen LogP contribution in [0.2, 0.25) is 5.02 Å². The standard InChI is InChI=1S/C16H16ClN3O4/c1-2-20-14(21)8-7-13(18-20)16(24)19(10-15(22)23)9-11-3-5-12(17)6-4-11/h3-8H,2,9-10H2,1H3,(H,22,23). The molecule has 2 rings (SSSR count). The summed E-state index contributed by atoms with van der Waals surface area (Å²) in [6, 6.07) is 9.29. The number of amides is 1. The number of carboxylic acid groups (broad SMARTS) is 1. The van der Waals surface area contributed by atoms with Crippen molar-refractivity contribution in [2.45, 2.75) is 20.0 Å². The van der Waals surface area contributed by atoms with Crippen LogP contribution in [0.4, 0.5) is 0 Å². The molecule has 0 spiro atoms. The van der Waals surface area contributed by atoms with Crippen LogP contribution in [0, 0.1) is 0 Å². The molecule has 0 aliphatic carbocycles. The van der Waals surface area contributed by atoms with Gasteiger partial charge < -0.3 is 10.0 Å². The summed E-state index contributed by atoms with van der Waals surface area (Å²) in [4.78, 5) is 36.4. The number of rotatable bonds is 6. The second-order valence-corrected chi connectivity index (χ2v) is 5.49. The summed E-state index contributed by atoms with van der Waals surface area (Å²) in [5, 5.41) is 13.6. The Morgan fingerprint density at radius 2 is 1.88 bits per heavy atom. The van der Waals surface area contributed by atoms with Gasteiger partial charge in [0.15, 0.2) is 0 Å². The van der Waals surface area contributed by atoms with Gasteiger partial charge >= 0.3 is 5.97 Å². The first-order chi connectivity index (χ1) is 11.4. The molecule has 24 heavy (non-hydrogen) atoms. The normalized spacial score (nSPS) is 10.4. The fourth-order valence-electron chi connectivity index (χ4n) is 2.12. The van der Waals surface area contributed by atoms with Crippen molar-refractivity contribution < 1.29 is 14.7 Å². The summed E-state index contributed by atoms with van der Waals surface area (Å²) >= 11 is 5.82. The van der Waals surface area contributed by atoms with Crippen LogP contribution in [0.25, 0.3) is 0 Å². The zero-order valence-corrected chi connectivity index (χ0v) is 13.7. The second kappa shape index (κ2) is 7.74. The van der Waals surface area contributed by atoms with Gasteiger partial charge in [-0.25, -0.2) is 4.68 Å². The van der Waals surface area contributed by atoms with Crippen molar-refractivity contribution in [2.24, 2.45) is 0 Å². The zero-order valence-electron chi connectivity index (χ0n) is 13.0. The Labute approximate surface area is 143 Å². The molecule has 0 fully saturated rings. The van der Waals surface area contributed by atoms with E-state index in [1.807, 2.05) is 0 Å². The maximum Gasteiger partial charge on any atom is 0.323 e. The largest absolute Gasteiger partial charge is 0.480 e. The molecule has 0 aliphatic rings. The van der Waals surface area contributed by atoms with Gasteiger partial charge in [-0.05, 0) is 30.7 Å². The fraction of sp³-hybridized carbons (Fsp3) is 0.250. The van der Waals surface area contributed by atoms with Gasteiger partial charge in [0.05, 0.1) is 0 Å². The molecule has 1 heterocycles. The van der Waals surface area contributed by atoms with Gasteiger partial charge in [-0.2, -0.15) is 5.10 Å². The van der Waals surface area contributed by atoms with Crippen LogP contribution in [-0.4, -0.2) is 38.2 Å². The third kappa shape index (κ3) is 4.42. The van der Waals surface area contributed by atoms with Crippen LogP contribution < -0.4 is 5.56 Å². The maximum absolute atomic E-state index is 12.6. The van der Waals surface area contributed by atoms with Crippen molar-refractivity contribution in [1.82, 2.24) is 14.7 Å². The Hall–Kier alpha value is -2.67. The lowest BCUT2D eigenvalue weighted by molar-refractivity contribution is -0.137. The van der Waals surface area contributed by atoms with E-state index in [-0.39, 0.29) is 17.8 Å². The zero-order chi connectivity index (χ0) is 17.7. The first-order valence-corrected chi connectivity index (χ1v) is 7.62. The number of nitrogens with zero attached hydrogens (tertiary/aromatic N) is 3. The molecule has 1 N–H and O–H groups in total. The highest BCUT2D eigenvalue weighted by molar-refractivity contribution is 6.30. The van der Waals surface area contributed by atoms with Gasteiger partial charge in [-0.15, -0.1) is 0 Å². The van der Waals surface area contributed by atoms with E-state index in [1.165, 1.54) is 12.1 Å². The van der Waals surface area contributed by atoms with Crippen molar-refractivity contribution >= 4 is 23.5 Å². The predicted octanol–water partition coefficient (Wildman–Crippen LogP) is 1.64. The molecule has 1 aromatic heterocycles. The molecule has 0 saturated heterocycles. The number of aromatic nitrogens is 2. The molecule has 1 aromatic carbocycles. The molecular weight excluding hydrogens is 334 g/mol. The van der Waals surface area contributed by atoms with Gasteiger partial charge in [0.2, 0.25) is 0 Å². The van der Waals surface area contributed by atoms with Crippen molar-refractivity contribution in [3.05, 3.63) is 63.0 Å². The molecule has 8 heteroatoms. The molecule has 0 aliphatic heterocycles. The van der Waals surface area contributed by atoms with Gasteiger partial charge in [0.25, 0.3) is 11.5 Å². The van der Waals surface area contributed by atoms with E-state index in [0.717, 1.165) is 15.1 Å². The monoisotopic (exact) mass is 349 g/mol. The Morgan fingerprint density at radius 1 is 1.21 bits per heavy atom. The minimum absolute atomic E-state index is 0.0201. The smallest absolute Gasteiger partial charge is 0.323 e. The van der Waals surface area contributed by atoms with E-state index < -0.39 is 18.4 Å². The summed E-state index contributed by atoms with van der Waals surface area (Å²) < 4.78 is 1.15. The SMILES string of the molecule is CCn1nc(C(=O)N(CC(=O)O)Cc2ccc(Cl)cc2)ccc1=O. The van der Waals surface area contributed by atoms with Crippen LogP contribution >= 0.6 is 11.6 Å². The highest BCUT2D eigenvalue weighted by atomic mass is 35.5. The van der Waals surface area contributed by atoms with Gasteiger partial charge in [0.1, 0.15) is 12.2 Å². The van der Waals surface area contributed by atoms with Gasteiger partial charge in [-0.3, -0.25) is 14.4 Å². The molecule has 0 saturated carbocycles. The number of hydrogen-bond donors (Lipinski definition) is 1. The molecular formula is C16H16ClN3O4. The van der Waals surface area contributed by atoms with Gasteiger partial charge in [-0.1, -0.05) is 23.7 Å². The molecule has 126 valence electrons. The first kappa shape index (κ1) is 17.7. The third-order valence-electron chi connectivity index (χ3n) is 3.29. The Balaban J connectivity index is 2.29. The molecule has 7 nitrogen and oxygen atoms in total. The number of benzene rings is 1. The molecule has 0 radical (unpaired) electrons. The summed E-state index contributed by atoms with van der Waals surface area (Å²) in [6.45, 7) is 1.66. The van der Waals surface area contributed by atoms with Gasteiger partial charge in [0, 0.05) is 24.2 Å². The fourth-order valence-corrected chi connectivity index (χ4v) is 2.25. The number of carboxylic acids is 1. The van der Waals surface area contributed by atoms with E-state index in [9.17, 15) is 14.4 Å². The molecule has 1 amide bonds. The Morgan fingerprint density at radius 3 is 2.46 bits per heavy atom. The van der Waals surface area contributed by atoms with Crippen LogP contribution in [0.15, 0.2) is 41.2 Å². The first-order valence-electron chi connectivity index (χ1n) is 7.24. The quantitative estimate of drug-likeness (QED) is 0.855. The lowest BCUT2D eigenvalue weighted by atomic mass is 10.2. The maximum atomic E-state index is 12.6. The Bertz CT molecular complexity index is 802. The predicted molar refractivity (Wildman–Crippen MR) is 88.0 cm³/mol. The molecule has 0 bridgehead atoms. The van der Waals surface area contributed by atoms with Crippen LogP contribution in [0.1, 0.15) is 23.0 Å². The number of aliphatic carboxylic acids is 1. The number of carbonyl (C=O) groups is 2. The van der Waals surface area contributed by atoms with Crippen LogP contribution in [-0.2, 0) is 17.9 Å². The average Bonchev–Trinajstić information content (AvgIpc) is 2.55. The Kier molecular flexibility index (Phi) is 5.70. The topological polar surface area (TPSA) is 92.5 Å². The van der Waals surface area contributed by atoms with E-state index >= 15 is 0 Å². The molecule has 0 unspecified atom stereocenters. The minimum Gasteiger partial charge on any atom is -0.480 e. The van der Waals surface area contributed by atoms with Crippen molar-refractivity contribution in [2.75, 3.05) is 6.54 Å². The summed E-state index contributed by atoms with van der Waals surface area (Å²) in [6.07, 6.45) is 0. The number of carbonyl (C=O) groups excluding carboxylic acids is 1. The highest BCUT2D eigenvalue weighted by Crippen LogP contribution is 2.13. The van der Waals surface area contributed by atoms with Crippen LogP contribution in [0.5, 0.6) is 0 Å².